The second-order valence-corrected chi connectivity index (χ2v) is 5.15. The van der Waals surface area contributed by atoms with Crippen molar-refractivity contribution in [2.45, 2.75) is 23.7 Å². The Bertz CT molecular complexity index is 334. The van der Waals surface area contributed by atoms with Crippen LogP contribution in [0.3, 0.4) is 0 Å². The summed E-state index contributed by atoms with van der Waals surface area (Å²) in [6.07, 6.45) is 4.62. The molecule has 1 atom stereocenters. The van der Waals surface area contributed by atoms with Crippen LogP contribution in [-0.4, -0.2) is 19.3 Å². The minimum atomic E-state index is 0.592. The SMILES string of the molecule is CSc1cccc(Cl)c1C1CCCNC1. The highest BCUT2D eigenvalue weighted by molar-refractivity contribution is 7.98. The fourth-order valence-electron chi connectivity index (χ4n) is 2.19. The molecule has 3 heteroatoms. The first-order chi connectivity index (χ1) is 7.33. The molecule has 0 radical (unpaired) electrons. The van der Waals surface area contributed by atoms with E-state index in [1.54, 1.807) is 11.8 Å². The molecule has 1 saturated heterocycles. The summed E-state index contributed by atoms with van der Waals surface area (Å²) < 4.78 is 0. The van der Waals surface area contributed by atoms with Gasteiger partial charge < -0.3 is 5.32 Å². The minimum Gasteiger partial charge on any atom is -0.316 e. The largest absolute Gasteiger partial charge is 0.316 e. The van der Waals surface area contributed by atoms with Gasteiger partial charge in [-0.1, -0.05) is 17.7 Å². The van der Waals surface area contributed by atoms with Crippen LogP contribution in [0.2, 0.25) is 5.02 Å². The third-order valence-corrected chi connectivity index (χ3v) is 4.06. The van der Waals surface area contributed by atoms with E-state index in [0.717, 1.165) is 18.1 Å². The van der Waals surface area contributed by atoms with E-state index in [9.17, 15) is 0 Å². The zero-order chi connectivity index (χ0) is 10.7. The first kappa shape index (κ1) is 11.3. The summed E-state index contributed by atoms with van der Waals surface area (Å²) in [5, 5.41) is 4.37. The van der Waals surface area contributed by atoms with Gasteiger partial charge in [0.25, 0.3) is 0 Å². The number of hydrogen-bond donors (Lipinski definition) is 1. The van der Waals surface area contributed by atoms with Gasteiger partial charge in [-0.05, 0) is 49.3 Å². The fraction of sp³-hybridized carbons (Fsp3) is 0.500. The molecule has 1 N–H and O–H groups in total. The van der Waals surface area contributed by atoms with E-state index in [4.69, 9.17) is 11.6 Å². The van der Waals surface area contributed by atoms with Crippen molar-refractivity contribution in [1.29, 1.82) is 0 Å². The van der Waals surface area contributed by atoms with Crippen molar-refractivity contribution in [1.82, 2.24) is 5.32 Å². The van der Waals surface area contributed by atoms with Crippen LogP contribution in [0.25, 0.3) is 0 Å². The van der Waals surface area contributed by atoms with E-state index in [0.29, 0.717) is 5.92 Å². The van der Waals surface area contributed by atoms with Crippen LogP contribution in [0, 0.1) is 0 Å². The molecule has 1 unspecified atom stereocenters. The molecule has 1 nitrogen and oxygen atoms in total. The summed E-state index contributed by atoms with van der Waals surface area (Å²) in [6, 6.07) is 6.21. The highest BCUT2D eigenvalue weighted by Gasteiger charge is 2.20. The Morgan fingerprint density at radius 3 is 3.00 bits per heavy atom. The molecule has 0 amide bonds. The Morgan fingerprint density at radius 2 is 2.33 bits per heavy atom. The predicted molar refractivity (Wildman–Crippen MR) is 68.1 cm³/mol. The molecule has 1 aliphatic heterocycles. The lowest BCUT2D eigenvalue weighted by atomic mass is 9.91. The van der Waals surface area contributed by atoms with Crippen molar-refractivity contribution in [2.75, 3.05) is 19.3 Å². The fourth-order valence-corrected chi connectivity index (χ4v) is 3.29. The second kappa shape index (κ2) is 5.24. The van der Waals surface area contributed by atoms with Gasteiger partial charge in [-0.2, -0.15) is 0 Å². The summed E-state index contributed by atoms with van der Waals surface area (Å²) in [6.45, 7) is 2.22. The quantitative estimate of drug-likeness (QED) is 0.796. The molecule has 1 aromatic carbocycles. The third-order valence-electron chi connectivity index (χ3n) is 2.94. The smallest absolute Gasteiger partial charge is 0.0452 e. The highest BCUT2D eigenvalue weighted by atomic mass is 35.5. The summed E-state index contributed by atoms with van der Waals surface area (Å²) in [4.78, 5) is 1.33. The van der Waals surface area contributed by atoms with Crippen LogP contribution in [0.1, 0.15) is 24.3 Å². The molecular weight excluding hydrogens is 226 g/mol. The van der Waals surface area contributed by atoms with Gasteiger partial charge in [0.1, 0.15) is 0 Å². The summed E-state index contributed by atoms with van der Waals surface area (Å²) >= 11 is 8.09. The normalized spacial score (nSPS) is 21.6. The first-order valence-corrected chi connectivity index (χ1v) is 6.96. The van der Waals surface area contributed by atoms with Gasteiger partial charge in [0.2, 0.25) is 0 Å². The molecule has 0 bridgehead atoms. The Morgan fingerprint density at radius 1 is 1.47 bits per heavy atom. The lowest BCUT2D eigenvalue weighted by Crippen LogP contribution is -2.28. The Hall–Kier alpha value is -0.180. The number of rotatable bonds is 2. The van der Waals surface area contributed by atoms with E-state index in [-0.39, 0.29) is 0 Å². The van der Waals surface area contributed by atoms with Gasteiger partial charge in [-0.25, -0.2) is 0 Å². The number of nitrogens with one attached hydrogen (secondary N) is 1. The van der Waals surface area contributed by atoms with Gasteiger partial charge in [-0.3, -0.25) is 0 Å². The van der Waals surface area contributed by atoms with Crippen molar-refractivity contribution in [2.24, 2.45) is 0 Å². The average molecular weight is 242 g/mol. The molecule has 1 fully saturated rings. The molecular formula is C12H16ClNS. The summed E-state index contributed by atoms with van der Waals surface area (Å²) in [5.74, 6) is 0.592. The van der Waals surface area contributed by atoms with E-state index < -0.39 is 0 Å². The summed E-state index contributed by atoms with van der Waals surface area (Å²) in [5.41, 5.74) is 1.35. The number of hydrogen-bond acceptors (Lipinski definition) is 2. The Labute approximate surface area is 101 Å². The maximum absolute atomic E-state index is 6.30. The molecule has 0 spiro atoms. The number of halogens is 1. The van der Waals surface area contributed by atoms with Gasteiger partial charge in [0.15, 0.2) is 0 Å². The predicted octanol–water partition coefficient (Wildman–Crippen LogP) is 3.53. The van der Waals surface area contributed by atoms with E-state index in [1.165, 1.54) is 23.3 Å². The molecule has 1 heterocycles. The zero-order valence-electron chi connectivity index (χ0n) is 8.92. The van der Waals surface area contributed by atoms with Crippen LogP contribution in [0.5, 0.6) is 0 Å². The van der Waals surface area contributed by atoms with Crippen molar-refractivity contribution >= 4 is 23.4 Å². The molecule has 15 heavy (non-hydrogen) atoms. The molecule has 0 saturated carbocycles. The van der Waals surface area contributed by atoms with Crippen LogP contribution < -0.4 is 5.32 Å². The van der Waals surface area contributed by atoms with Crippen LogP contribution in [0.4, 0.5) is 0 Å². The second-order valence-electron chi connectivity index (χ2n) is 3.90. The van der Waals surface area contributed by atoms with E-state index >= 15 is 0 Å². The van der Waals surface area contributed by atoms with Crippen molar-refractivity contribution in [3.63, 3.8) is 0 Å². The molecule has 82 valence electrons. The van der Waals surface area contributed by atoms with Crippen molar-refractivity contribution in [3.8, 4) is 0 Å². The van der Waals surface area contributed by atoms with E-state index in [1.807, 2.05) is 12.1 Å². The number of thioether (sulfide) groups is 1. The molecule has 2 rings (SSSR count). The number of benzene rings is 1. The maximum atomic E-state index is 6.30. The first-order valence-electron chi connectivity index (χ1n) is 5.36. The highest BCUT2D eigenvalue weighted by Crippen LogP contribution is 2.36. The van der Waals surface area contributed by atoms with Crippen LogP contribution in [0.15, 0.2) is 23.1 Å². The molecule has 1 aliphatic rings. The molecule has 0 aliphatic carbocycles. The molecule has 1 aromatic rings. The third kappa shape index (κ3) is 2.49. The maximum Gasteiger partial charge on any atom is 0.0452 e. The van der Waals surface area contributed by atoms with E-state index in [2.05, 4.69) is 17.6 Å². The minimum absolute atomic E-state index is 0.592. The Balaban J connectivity index is 2.31. The van der Waals surface area contributed by atoms with Crippen LogP contribution >= 0.6 is 23.4 Å². The lowest BCUT2D eigenvalue weighted by molar-refractivity contribution is 0.458. The molecule has 0 aromatic heterocycles. The average Bonchev–Trinajstić information content (AvgIpc) is 2.29. The lowest BCUT2D eigenvalue weighted by Gasteiger charge is -2.25. The summed E-state index contributed by atoms with van der Waals surface area (Å²) in [7, 11) is 0. The monoisotopic (exact) mass is 241 g/mol. The van der Waals surface area contributed by atoms with Crippen molar-refractivity contribution in [3.05, 3.63) is 28.8 Å². The Kier molecular flexibility index (Phi) is 3.95. The van der Waals surface area contributed by atoms with Gasteiger partial charge in [0.05, 0.1) is 0 Å². The topological polar surface area (TPSA) is 12.0 Å². The van der Waals surface area contributed by atoms with Gasteiger partial charge >= 0.3 is 0 Å². The van der Waals surface area contributed by atoms with Crippen LogP contribution in [-0.2, 0) is 0 Å². The zero-order valence-corrected chi connectivity index (χ0v) is 10.5. The number of piperidine rings is 1. The van der Waals surface area contributed by atoms with Crippen molar-refractivity contribution < 1.29 is 0 Å². The van der Waals surface area contributed by atoms with Gasteiger partial charge in [0, 0.05) is 16.5 Å². The van der Waals surface area contributed by atoms with Gasteiger partial charge in [-0.15, -0.1) is 11.8 Å². The standard InChI is InChI=1S/C12H16ClNS/c1-15-11-6-2-5-10(13)12(11)9-4-3-7-14-8-9/h2,5-6,9,14H,3-4,7-8H2,1H3.